The first kappa shape index (κ1) is 17.9. The van der Waals surface area contributed by atoms with Gasteiger partial charge in [-0.2, -0.15) is 4.31 Å². The van der Waals surface area contributed by atoms with Crippen molar-refractivity contribution >= 4 is 15.8 Å². The molecule has 1 saturated heterocycles. The Morgan fingerprint density at radius 3 is 2.28 bits per heavy atom. The smallest absolute Gasteiger partial charge is 0.243 e. The van der Waals surface area contributed by atoms with Crippen LogP contribution in [0.1, 0.15) is 31.7 Å². The Morgan fingerprint density at radius 2 is 1.72 bits per heavy atom. The summed E-state index contributed by atoms with van der Waals surface area (Å²) in [6.45, 7) is 6.55. The van der Waals surface area contributed by atoms with Crippen LogP contribution in [0.25, 0.3) is 0 Å². The standard InChI is InChI=1S/C19H25N3O2S/c1-3-16(2)17-7-9-18(10-8-17)25(23,24)22-14-12-21(13-15-22)19-6-4-5-11-20-19/h4-11,16H,3,12-15H2,1-2H3/t16-/m0/s1. The van der Waals surface area contributed by atoms with E-state index in [2.05, 4.69) is 23.7 Å². The highest BCUT2D eigenvalue weighted by Gasteiger charge is 2.28. The molecule has 0 bridgehead atoms. The molecule has 3 rings (SSSR count). The number of anilines is 1. The van der Waals surface area contributed by atoms with Crippen LogP contribution >= 0.6 is 0 Å². The van der Waals surface area contributed by atoms with Crippen LogP contribution in [0.3, 0.4) is 0 Å². The first-order chi connectivity index (χ1) is 12.0. The molecule has 0 saturated carbocycles. The van der Waals surface area contributed by atoms with E-state index in [9.17, 15) is 8.42 Å². The molecule has 2 aromatic rings. The Labute approximate surface area is 150 Å². The van der Waals surface area contributed by atoms with Gasteiger partial charge in [-0.05, 0) is 42.2 Å². The van der Waals surface area contributed by atoms with Crippen molar-refractivity contribution in [3.05, 3.63) is 54.2 Å². The van der Waals surface area contributed by atoms with Gasteiger partial charge in [0.25, 0.3) is 0 Å². The monoisotopic (exact) mass is 359 g/mol. The maximum absolute atomic E-state index is 12.9. The quantitative estimate of drug-likeness (QED) is 0.823. The van der Waals surface area contributed by atoms with Crippen molar-refractivity contribution in [2.75, 3.05) is 31.1 Å². The summed E-state index contributed by atoms with van der Waals surface area (Å²) in [6, 6.07) is 13.1. The molecule has 2 heterocycles. The van der Waals surface area contributed by atoms with Crippen molar-refractivity contribution in [3.63, 3.8) is 0 Å². The van der Waals surface area contributed by atoms with Gasteiger partial charge in [-0.15, -0.1) is 0 Å². The van der Waals surface area contributed by atoms with E-state index in [-0.39, 0.29) is 0 Å². The number of rotatable bonds is 5. The van der Waals surface area contributed by atoms with Gasteiger partial charge in [0.05, 0.1) is 4.90 Å². The van der Waals surface area contributed by atoms with E-state index in [1.54, 1.807) is 22.6 Å². The molecular weight excluding hydrogens is 334 g/mol. The van der Waals surface area contributed by atoms with Crippen LogP contribution in [0.15, 0.2) is 53.6 Å². The second kappa shape index (κ2) is 7.54. The predicted octanol–water partition coefficient (Wildman–Crippen LogP) is 3.11. The molecule has 0 aliphatic carbocycles. The number of sulfonamides is 1. The summed E-state index contributed by atoms with van der Waals surface area (Å²) >= 11 is 0. The van der Waals surface area contributed by atoms with Gasteiger partial charge in [-0.25, -0.2) is 13.4 Å². The predicted molar refractivity (Wildman–Crippen MR) is 100 cm³/mol. The van der Waals surface area contributed by atoms with E-state index in [1.165, 1.54) is 5.56 Å². The van der Waals surface area contributed by atoms with Gasteiger partial charge < -0.3 is 4.90 Å². The summed E-state index contributed by atoms with van der Waals surface area (Å²) in [6.07, 6.45) is 2.80. The normalized spacial score (nSPS) is 17.4. The lowest BCUT2D eigenvalue weighted by molar-refractivity contribution is 0.384. The van der Waals surface area contributed by atoms with Crippen LogP contribution in [0.5, 0.6) is 0 Å². The fraction of sp³-hybridized carbons (Fsp3) is 0.421. The Kier molecular flexibility index (Phi) is 5.39. The third-order valence-corrected chi connectivity index (χ3v) is 6.82. The van der Waals surface area contributed by atoms with Gasteiger partial charge >= 0.3 is 0 Å². The first-order valence-electron chi connectivity index (χ1n) is 8.78. The lowest BCUT2D eigenvalue weighted by atomic mass is 9.99. The molecule has 1 aliphatic rings. The molecular formula is C19H25N3O2S. The second-order valence-electron chi connectivity index (χ2n) is 6.46. The molecule has 0 N–H and O–H groups in total. The van der Waals surface area contributed by atoms with Crippen molar-refractivity contribution in [2.45, 2.75) is 31.1 Å². The number of hydrogen-bond donors (Lipinski definition) is 0. The van der Waals surface area contributed by atoms with E-state index in [0.29, 0.717) is 37.0 Å². The Hall–Kier alpha value is -1.92. The number of piperazine rings is 1. The zero-order valence-corrected chi connectivity index (χ0v) is 15.6. The third kappa shape index (κ3) is 3.85. The van der Waals surface area contributed by atoms with Gasteiger partial charge in [0, 0.05) is 32.4 Å². The van der Waals surface area contributed by atoms with Crippen LogP contribution in [0.4, 0.5) is 5.82 Å². The minimum absolute atomic E-state index is 0.380. The largest absolute Gasteiger partial charge is 0.354 e. The molecule has 0 amide bonds. The van der Waals surface area contributed by atoms with Gasteiger partial charge in [-0.3, -0.25) is 0 Å². The Balaban J connectivity index is 1.69. The minimum atomic E-state index is -3.43. The SMILES string of the molecule is CC[C@H](C)c1ccc(S(=O)(=O)N2CCN(c3ccccn3)CC2)cc1. The van der Waals surface area contributed by atoms with E-state index >= 15 is 0 Å². The number of nitrogens with zero attached hydrogens (tertiary/aromatic N) is 3. The molecule has 1 aromatic carbocycles. The van der Waals surface area contributed by atoms with E-state index in [1.807, 2.05) is 30.3 Å². The number of benzene rings is 1. The van der Waals surface area contributed by atoms with Gasteiger partial charge in [0.1, 0.15) is 5.82 Å². The third-order valence-electron chi connectivity index (χ3n) is 4.91. The lowest BCUT2D eigenvalue weighted by Crippen LogP contribution is -2.48. The second-order valence-corrected chi connectivity index (χ2v) is 8.40. The van der Waals surface area contributed by atoms with Crippen LogP contribution in [-0.4, -0.2) is 43.9 Å². The molecule has 1 aromatic heterocycles. The fourth-order valence-electron chi connectivity index (χ4n) is 3.05. The molecule has 0 radical (unpaired) electrons. The topological polar surface area (TPSA) is 53.5 Å². The van der Waals surface area contributed by atoms with Crippen LogP contribution in [0.2, 0.25) is 0 Å². The first-order valence-corrected chi connectivity index (χ1v) is 10.2. The highest BCUT2D eigenvalue weighted by molar-refractivity contribution is 7.89. The van der Waals surface area contributed by atoms with Gasteiger partial charge in [0.15, 0.2) is 0 Å². The Bertz CT molecular complexity index is 783. The van der Waals surface area contributed by atoms with Crippen molar-refractivity contribution < 1.29 is 8.42 Å². The van der Waals surface area contributed by atoms with Gasteiger partial charge in [-0.1, -0.05) is 32.0 Å². The summed E-state index contributed by atoms with van der Waals surface area (Å²) in [5, 5.41) is 0. The molecule has 1 aliphatic heterocycles. The highest BCUT2D eigenvalue weighted by Crippen LogP contribution is 2.23. The van der Waals surface area contributed by atoms with Crippen LogP contribution in [-0.2, 0) is 10.0 Å². The fourth-order valence-corrected chi connectivity index (χ4v) is 4.47. The number of aromatic nitrogens is 1. The molecule has 6 heteroatoms. The van der Waals surface area contributed by atoms with E-state index in [4.69, 9.17) is 0 Å². The summed E-state index contributed by atoms with van der Waals surface area (Å²) in [5.74, 6) is 1.34. The van der Waals surface area contributed by atoms with E-state index in [0.717, 1.165) is 12.2 Å². The zero-order valence-electron chi connectivity index (χ0n) is 14.8. The maximum Gasteiger partial charge on any atom is 0.243 e. The van der Waals surface area contributed by atoms with Crippen molar-refractivity contribution in [3.8, 4) is 0 Å². The van der Waals surface area contributed by atoms with Gasteiger partial charge in [0.2, 0.25) is 10.0 Å². The summed E-state index contributed by atoms with van der Waals surface area (Å²) in [4.78, 5) is 6.84. The average Bonchev–Trinajstić information content (AvgIpc) is 2.68. The molecule has 1 atom stereocenters. The van der Waals surface area contributed by atoms with Crippen molar-refractivity contribution in [1.82, 2.24) is 9.29 Å². The Morgan fingerprint density at radius 1 is 1.04 bits per heavy atom. The maximum atomic E-state index is 12.9. The summed E-state index contributed by atoms with van der Waals surface area (Å²) in [5.41, 5.74) is 1.18. The molecule has 25 heavy (non-hydrogen) atoms. The molecule has 0 spiro atoms. The van der Waals surface area contributed by atoms with E-state index < -0.39 is 10.0 Å². The summed E-state index contributed by atoms with van der Waals surface area (Å²) < 4.78 is 27.3. The number of hydrogen-bond acceptors (Lipinski definition) is 4. The summed E-state index contributed by atoms with van der Waals surface area (Å²) in [7, 11) is -3.43. The average molecular weight is 359 g/mol. The van der Waals surface area contributed by atoms with Crippen LogP contribution < -0.4 is 4.90 Å². The molecule has 1 fully saturated rings. The highest BCUT2D eigenvalue weighted by atomic mass is 32.2. The minimum Gasteiger partial charge on any atom is -0.354 e. The lowest BCUT2D eigenvalue weighted by Gasteiger charge is -2.34. The molecule has 5 nitrogen and oxygen atoms in total. The molecule has 0 unspecified atom stereocenters. The van der Waals surface area contributed by atoms with Crippen LogP contribution in [0, 0.1) is 0 Å². The van der Waals surface area contributed by atoms with Crippen molar-refractivity contribution in [2.24, 2.45) is 0 Å². The zero-order chi connectivity index (χ0) is 17.9. The molecule has 134 valence electrons. The number of pyridine rings is 1. The van der Waals surface area contributed by atoms with Crippen molar-refractivity contribution in [1.29, 1.82) is 0 Å².